The summed E-state index contributed by atoms with van der Waals surface area (Å²) in [7, 11) is 1.65. The minimum absolute atomic E-state index is 0.114. The number of amides is 1. The summed E-state index contributed by atoms with van der Waals surface area (Å²) in [4.78, 5) is 19.6. The van der Waals surface area contributed by atoms with Crippen molar-refractivity contribution in [1.29, 1.82) is 0 Å². The van der Waals surface area contributed by atoms with Gasteiger partial charge in [-0.1, -0.05) is 24.3 Å². The highest BCUT2D eigenvalue weighted by molar-refractivity contribution is 7.18. The van der Waals surface area contributed by atoms with E-state index < -0.39 is 0 Å². The molecule has 1 amide bonds. The minimum Gasteiger partial charge on any atom is -0.497 e. The number of carbonyl (C=O) groups is 1. The maximum absolute atomic E-state index is 12.8. The molecule has 1 aromatic heterocycles. The number of methoxy groups -OCH3 is 1. The van der Waals surface area contributed by atoms with E-state index in [1.54, 1.807) is 18.4 Å². The molecule has 1 aliphatic rings. The molecule has 1 atom stereocenters. The molecule has 3 aromatic rings. The van der Waals surface area contributed by atoms with Crippen LogP contribution in [0.1, 0.15) is 29.5 Å². The number of hydrogen-bond donors (Lipinski definition) is 0. The van der Waals surface area contributed by atoms with Crippen molar-refractivity contribution in [1.82, 2.24) is 9.88 Å². The zero-order chi connectivity index (χ0) is 17.2. The van der Waals surface area contributed by atoms with Crippen molar-refractivity contribution in [3.63, 3.8) is 0 Å². The Morgan fingerprint density at radius 2 is 2.04 bits per heavy atom. The molecule has 128 valence electrons. The number of benzene rings is 2. The van der Waals surface area contributed by atoms with Gasteiger partial charge in [0.2, 0.25) is 5.91 Å². The second-order valence-electron chi connectivity index (χ2n) is 6.29. The van der Waals surface area contributed by atoms with Crippen molar-refractivity contribution in [3.8, 4) is 5.75 Å². The Morgan fingerprint density at radius 3 is 2.80 bits per heavy atom. The van der Waals surface area contributed by atoms with Crippen LogP contribution >= 0.6 is 11.3 Å². The quantitative estimate of drug-likeness (QED) is 0.706. The molecule has 1 unspecified atom stereocenters. The van der Waals surface area contributed by atoms with Crippen molar-refractivity contribution in [2.75, 3.05) is 13.7 Å². The number of likely N-dealkylation sites (tertiary alicyclic amines) is 1. The van der Waals surface area contributed by atoms with Gasteiger partial charge < -0.3 is 9.64 Å². The van der Waals surface area contributed by atoms with Crippen molar-refractivity contribution >= 4 is 27.5 Å². The highest BCUT2D eigenvalue weighted by atomic mass is 32.1. The third-order valence-corrected chi connectivity index (χ3v) is 5.82. The van der Waals surface area contributed by atoms with Gasteiger partial charge in [-0.2, -0.15) is 0 Å². The summed E-state index contributed by atoms with van der Waals surface area (Å²) in [5.74, 6) is 0.983. The molecule has 0 radical (unpaired) electrons. The van der Waals surface area contributed by atoms with Gasteiger partial charge in [-0.25, -0.2) is 4.98 Å². The highest BCUT2D eigenvalue weighted by Crippen LogP contribution is 2.36. The third kappa shape index (κ3) is 3.24. The Balaban J connectivity index is 1.52. The fourth-order valence-corrected chi connectivity index (χ4v) is 4.49. The lowest BCUT2D eigenvalue weighted by molar-refractivity contribution is -0.131. The van der Waals surface area contributed by atoms with Crippen LogP contribution in [0.15, 0.2) is 48.5 Å². The van der Waals surface area contributed by atoms with Crippen LogP contribution in [0.5, 0.6) is 5.75 Å². The lowest BCUT2D eigenvalue weighted by atomic mass is 10.1. The number of para-hydroxylation sites is 1. The minimum atomic E-state index is 0.114. The van der Waals surface area contributed by atoms with Gasteiger partial charge in [0.15, 0.2) is 0 Å². The third-order valence-electron chi connectivity index (χ3n) is 4.68. The molecule has 0 N–H and O–H groups in total. The van der Waals surface area contributed by atoms with E-state index in [0.717, 1.165) is 41.2 Å². The summed E-state index contributed by atoms with van der Waals surface area (Å²) in [6.07, 6.45) is 2.45. The maximum atomic E-state index is 12.8. The van der Waals surface area contributed by atoms with Crippen LogP contribution in [0.4, 0.5) is 0 Å². The van der Waals surface area contributed by atoms with Gasteiger partial charge in [0.1, 0.15) is 10.8 Å². The van der Waals surface area contributed by atoms with Crippen LogP contribution in [0.25, 0.3) is 10.2 Å². The fraction of sp³-hybridized carbons (Fsp3) is 0.300. The number of thiazole rings is 1. The van der Waals surface area contributed by atoms with E-state index >= 15 is 0 Å². The van der Waals surface area contributed by atoms with E-state index in [2.05, 4.69) is 6.07 Å². The van der Waals surface area contributed by atoms with E-state index in [9.17, 15) is 4.79 Å². The number of rotatable bonds is 4. The lowest BCUT2D eigenvalue weighted by Crippen LogP contribution is -2.31. The molecule has 1 aliphatic heterocycles. The maximum Gasteiger partial charge on any atom is 0.227 e. The Labute approximate surface area is 151 Å². The van der Waals surface area contributed by atoms with E-state index in [0.29, 0.717) is 6.42 Å². The Morgan fingerprint density at radius 1 is 1.24 bits per heavy atom. The molecule has 0 saturated carbocycles. The van der Waals surface area contributed by atoms with Crippen LogP contribution in [0.2, 0.25) is 0 Å². The zero-order valence-electron chi connectivity index (χ0n) is 14.1. The topological polar surface area (TPSA) is 42.4 Å². The average Bonchev–Trinajstić information content (AvgIpc) is 3.28. The first-order valence-electron chi connectivity index (χ1n) is 8.52. The molecule has 2 aromatic carbocycles. The zero-order valence-corrected chi connectivity index (χ0v) is 15.0. The summed E-state index contributed by atoms with van der Waals surface area (Å²) in [6, 6.07) is 16.0. The van der Waals surface area contributed by atoms with Crippen molar-refractivity contribution in [2.24, 2.45) is 0 Å². The molecule has 5 heteroatoms. The van der Waals surface area contributed by atoms with Crippen LogP contribution in [0.3, 0.4) is 0 Å². The van der Waals surface area contributed by atoms with Crippen LogP contribution in [-0.4, -0.2) is 29.4 Å². The fourth-order valence-electron chi connectivity index (χ4n) is 3.37. The summed E-state index contributed by atoms with van der Waals surface area (Å²) in [5.41, 5.74) is 2.04. The predicted molar refractivity (Wildman–Crippen MR) is 100 cm³/mol. The molecule has 1 saturated heterocycles. The van der Waals surface area contributed by atoms with Gasteiger partial charge in [0.25, 0.3) is 0 Å². The predicted octanol–water partition coefficient (Wildman–Crippen LogP) is 4.21. The second-order valence-corrected chi connectivity index (χ2v) is 7.35. The van der Waals surface area contributed by atoms with E-state index in [1.165, 1.54) is 4.70 Å². The standard InChI is InChI=1S/C20H20N2O2S/c1-24-15-10-8-14(9-11-15)13-19(23)22-12-4-6-17(22)20-21-16-5-2-3-7-18(16)25-20/h2-3,5,7-11,17H,4,6,12-13H2,1H3. The molecular formula is C20H20N2O2S. The average molecular weight is 352 g/mol. The van der Waals surface area contributed by atoms with Crippen molar-refractivity contribution < 1.29 is 9.53 Å². The molecule has 25 heavy (non-hydrogen) atoms. The Kier molecular flexibility index (Phi) is 4.40. The summed E-state index contributed by atoms with van der Waals surface area (Å²) >= 11 is 1.71. The van der Waals surface area contributed by atoms with E-state index in [4.69, 9.17) is 9.72 Å². The Bertz CT molecular complexity index is 855. The molecular weight excluding hydrogens is 332 g/mol. The number of fused-ring (bicyclic) bond motifs is 1. The molecule has 0 aliphatic carbocycles. The molecule has 4 nitrogen and oxygen atoms in total. The van der Waals surface area contributed by atoms with Crippen molar-refractivity contribution in [3.05, 3.63) is 59.1 Å². The van der Waals surface area contributed by atoms with Gasteiger partial charge in [0, 0.05) is 6.54 Å². The number of hydrogen-bond acceptors (Lipinski definition) is 4. The second kappa shape index (κ2) is 6.84. The normalized spacial score (nSPS) is 17.2. The molecule has 4 rings (SSSR count). The number of ether oxygens (including phenoxy) is 1. The molecule has 2 heterocycles. The largest absolute Gasteiger partial charge is 0.497 e. The van der Waals surface area contributed by atoms with Crippen LogP contribution in [0, 0.1) is 0 Å². The SMILES string of the molecule is COc1ccc(CC(=O)N2CCCC2c2nc3ccccc3s2)cc1. The lowest BCUT2D eigenvalue weighted by Gasteiger charge is -2.23. The smallest absolute Gasteiger partial charge is 0.227 e. The summed E-state index contributed by atoms with van der Waals surface area (Å²) in [5, 5.41) is 1.06. The van der Waals surface area contributed by atoms with Crippen molar-refractivity contribution in [2.45, 2.75) is 25.3 Å². The van der Waals surface area contributed by atoms with Crippen LogP contribution in [-0.2, 0) is 11.2 Å². The summed E-state index contributed by atoms with van der Waals surface area (Å²) < 4.78 is 6.36. The number of carbonyl (C=O) groups excluding carboxylic acids is 1. The Hall–Kier alpha value is -2.40. The van der Waals surface area contributed by atoms with Gasteiger partial charge in [-0.3, -0.25) is 4.79 Å². The van der Waals surface area contributed by atoms with Gasteiger partial charge in [0.05, 0.1) is 29.8 Å². The first-order chi connectivity index (χ1) is 12.2. The molecule has 1 fully saturated rings. The first kappa shape index (κ1) is 16.1. The highest BCUT2D eigenvalue weighted by Gasteiger charge is 2.32. The number of aromatic nitrogens is 1. The van der Waals surface area contributed by atoms with E-state index in [1.807, 2.05) is 47.4 Å². The summed E-state index contributed by atoms with van der Waals surface area (Å²) in [6.45, 7) is 0.815. The van der Waals surface area contributed by atoms with Crippen LogP contribution < -0.4 is 4.74 Å². The first-order valence-corrected chi connectivity index (χ1v) is 9.34. The molecule has 0 bridgehead atoms. The van der Waals surface area contributed by atoms with Gasteiger partial charge >= 0.3 is 0 Å². The van der Waals surface area contributed by atoms with Gasteiger partial charge in [-0.15, -0.1) is 11.3 Å². The number of nitrogens with zero attached hydrogens (tertiary/aromatic N) is 2. The van der Waals surface area contributed by atoms with Gasteiger partial charge in [-0.05, 0) is 42.7 Å². The molecule has 0 spiro atoms. The monoisotopic (exact) mass is 352 g/mol. The van der Waals surface area contributed by atoms with E-state index in [-0.39, 0.29) is 11.9 Å².